The van der Waals surface area contributed by atoms with Crippen LogP contribution in [0.2, 0.25) is 0 Å². The Morgan fingerprint density at radius 1 is 1.47 bits per heavy atom. The minimum absolute atomic E-state index is 0.0441. The third-order valence-electron chi connectivity index (χ3n) is 3.03. The second-order valence-corrected chi connectivity index (χ2v) is 4.47. The van der Waals surface area contributed by atoms with E-state index < -0.39 is 6.04 Å². The van der Waals surface area contributed by atoms with Crippen molar-refractivity contribution in [1.82, 2.24) is 9.80 Å². The quantitative estimate of drug-likeness (QED) is 0.819. The van der Waals surface area contributed by atoms with Crippen LogP contribution in [0.1, 0.15) is 12.7 Å². The van der Waals surface area contributed by atoms with Crippen molar-refractivity contribution in [2.24, 2.45) is 5.73 Å². The second-order valence-electron chi connectivity index (χ2n) is 4.47. The van der Waals surface area contributed by atoms with E-state index in [9.17, 15) is 4.79 Å². The van der Waals surface area contributed by atoms with Crippen molar-refractivity contribution in [1.29, 1.82) is 0 Å². The van der Waals surface area contributed by atoms with Crippen molar-refractivity contribution in [2.75, 3.05) is 26.2 Å². The number of piperazine rings is 1. The largest absolute Gasteiger partial charge is 0.468 e. The molecule has 2 heterocycles. The van der Waals surface area contributed by atoms with Crippen LogP contribution in [0.3, 0.4) is 0 Å². The lowest BCUT2D eigenvalue weighted by Gasteiger charge is -2.35. The molecule has 0 aliphatic carbocycles. The van der Waals surface area contributed by atoms with Crippen molar-refractivity contribution in [3.8, 4) is 0 Å². The summed E-state index contributed by atoms with van der Waals surface area (Å²) in [7, 11) is 0. The molecule has 1 aromatic rings. The lowest BCUT2D eigenvalue weighted by atomic mass is 10.2. The van der Waals surface area contributed by atoms with Crippen molar-refractivity contribution in [2.45, 2.75) is 19.5 Å². The van der Waals surface area contributed by atoms with Gasteiger partial charge in [0.15, 0.2) is 0 Å². The molecule has 1 amide bonds. The van der Waals surface area contributed by atoms with E-state index in [4.69, 9.17) is 10.2 Å². The first kappa shape index (κ1) is 12.1. The highest BCUT2D eigenvalue weighted by molar-refractivity contribution is 5.81. The summed E-state index contributed by atoms with van der Waals surface area (Å²) in [4.78, 5) is 15.8. The molecule has 2 rings (SSSR count). The van der Waals surface area contributed by atoms with Crippen LogP contribution in [0.5, 0.6) is 0 Å². The molecular weight excluding hydrogens is 218 g/mol. The maximum absolute atomic E-state index is 11.7. The standard InChI is InChI=1S/C12H19N3O2/c1-10(13)12(16)15-6-4-14(5-7-15)9-11-3-2-8-17-11/h2-3,8,10H,4-7,9,13H2,1H3/t10-/m1/s1. The molecule has 1 atom stereocenters. The summed E-state index contributed by atoms with van der Waals surface area (Å²) in [6.45, 7) is 5.80. The lowest BCUT2D eigenvalue weighted by molar-refractivity contribution is -0.134. The Morgan fingerprint density at radius 3 is 2.71 bits per heavy atom. The monoisotopic (exact) mass is 237 g/mol. The average molecular weight is 237 g/mol. The van der Waals surface area contributed by atoms with Crippen LogP contribution in [0.15, 0.2) is 22.8 Å². The van der Waals surface area contributed by atoms with Gasteiger partial charge in [-0.15, -0.1) is 0 Å². The van der Waals surface area contributed by atoms with Gasteiger partial charge in [0.1, 0.15) is 5.76 Å². The van der Waals surface area contributed by atoms with Gasteiger partial charge in [0.2, 0.25) is 5.91 Å². The zero-order chi connectivity index (χ0) is 12.3. The number of carbonyl (C=O) groups excluding carboxylic acids is 1. The molecule has 1 fully saturated rings. The number of amides is 1. The fourth-order valence-corrected chi connectivity index (χ4v) is 2.04. The molecule has 0 aromatic carbocycles. The number of hydrogen-bond donors (Lipinski definition) is 1. The van der Waals surface area contributed by atoms with Crippen molar-refractivity contribution in [3.05, 3.63) is 24.2 Å². The zero-order valence-corrected chi connectivity index (χ0v) is 10.1. The van der Waals surface area contributed by atoms with Crippen LogP contribution >= 0.6 is 0 Å². The SMILES string of the molecule is C[C@@H](N)C(=O)N1CCN(Cc2ccco2)CC1. The normalized spacial score (nSPS) is 19.3. The predicted octanol–water partition coefficient (Wildman–Crippen LogP) is 0.271. The number of hydrogen-bond acceptors (Lipinski definition) is 4. The summed E-state index contributed by atoms with van der Waals surface area (Å²) in [6.07, 6.45) is 1.69. The van der Waals surface area contributed by atoms with Gasteiger partial charge in [-0.2, -0.15) is 0 Å². The first-order valence-electron chi connectivity index (χ1n) is 5.96. The molecule has 0 radical (unpaired) electrons. The Balaban J connectivity index is 1.80. The number of nitrogens with zero attached hydrogens (tertiary/aromatic N) is 2. The average Bonchev–Trinajstić information content (AvgIpc) is 2.82. The van der Waals surface area contributed by atoms with Crippen molar-refractivity contribution < 1.29 is 9.21 Å². The van der Waals surface area contributed by atoms with Crippen LogP contribution in [-0.4, -0.2) is 47.9 Å². The molecule has 2 N–H and O–H groups in total. The summed E-state index contributed by atoms with van der Waals surface area (Å²) < 4.78 is 5.31. The molecule has 0 saturated carbocycles. The molecule has 0 unspecified atom stereocenters. The fraction of sp³-hybridized carbons (Fsp3) is 0.583. The van der Waals surface area contributed by atoms with Crippen LogP contribution in [0.4, 0.5) is 0 Å². The molecule has 1 aliphatic heterocycles. The Morgan fingerprint density at radius 2 is 2.18 bits per heavy atom. The minimum Gasteiger partial charge on any atom is -0.468 e. The summed E-state index contributed by atoms with van der Waals surface area (Å²) in [5.41, 5.74) is 5.59. The summed E-state index contributed by atoms with van der Waals surface area (Å²) in [5.74, 6) is 1.01. The molecule has 1 aromatic heterocycles. The number of carbonyl (C=O) groups is 1. The third-order valence-corrected chi connectivity index (χ3v) is 3.03. The third kappa shape index (κ3) is 3.08. The van der Waals surface area contributed by atoms with Gasteiger partial charge in [0, 0.05) is 26.2 Å². The van der Waals surface area contributed by atoms with Gasteiger partial charge in [-0.1, -0.05) is 0 Å². The Bertz CT molecular complexity index is 354. The predicted molar refractivity (Wildman–Crippen MR) is 64.2 cm³/mol. The topological polar surface area (TPSA) is 62.7 Å². The van der Waals surface area contributed by atoms with E-state index in [2.05, 4.69) is 4.90 Å². The highest BCUT2D eigenvalue weighted by atomic mass is 16.3. The van der Waals surface area contributed by atoms with Crippen molar-refractivity contribution >= 4 is 5.91 Å². The maximum atomic E-state index is 11.7. The van der Waals surface area contributed by atoms with E-state index >= 15 is 0 Å². The molecule has 5 heteroatoms. The van der Waals surface area contributed by atoms with Gasteiger partial charge in [-0.3, -0.25) is 9.69 Å². The van der Waals surface area contributed by atoms with Gasteiger partial charge in [-0.05, 0) is 19.1 Å². The van der Waals surface area contributed by atoms with Gasteiger partial charge in [0.05, 0.1) is 18.8 Å². The smallest absolute Gasteiger partial charge is 0.239 e. The van der Waals surface area contributed by atoms with Crippen molar-refractivity contribution in [3.63, 3.8) is 0 Å². The van der Waals surface area contributed by atoms with Crippen LogP contribution in [-0.2, 0) is 11.3 Å². The summed E-state index contributed by atoms with van der Waals surface area (Å²) in [6, 6.07) is 3.47. The fourth-order valence-electron chi connectivity index (χ4n) is 2.04. The molecule has 1 aliphatic rings. The van der Waals surface area contributed by atoms with Gasteiger partial charge >= 0.3 is 0 Å². The Kier molecular flexibility index (Phi) is 3.81. The summed E-state index contributed by atoms with van der Waals surface area (Å²) in [5, 5.41) is 0. The number of furan rings is 1. The van der Waals surface area contributed by atoms with E-state index in [1.54, 1.807) is 13.2 Å². The molecule has 1 saturated heterocycles. The van der Waals surface area contributed by atoms with E-state index in [1.165, 1.54) is 0 Å². The lowest BCUT2D eigenvalue weighted by Crippen LogP contribution is -2.52. The Hall–Kier alpha value is -1.33. The van der Waals surface area contributed by atoms with E-state index in [0.717, 1.165) is 38.5 Å². The van der Waals surface area contributed by atoms with Gasteiger partial charge in [0.25, 0.3) is 0 Å². The van der Waals surface area contributed by atoms with Gasteiger partial charge in [-0.25, -0.2) is 0 Å². The maximum Gasteiger partial charge on any atom is 0.239 e. The first-order chi connectivity index (χ1) is 8.16. The highest BCUT2D eigenvalue weighted by Crippen LogP contribution is 2.09. The highest BCUT2D eigenvalue weighted by Gasteiger charge is 2.23. The van der Waals surface area contributed by atoms with Crippen LogP contribution in [0.25, 0.3) is 0 Å². The number of nitrogens with two attached hydrogens (primary N) is 1. The van der Waals surface area contributed by atoms with E-state index in [1.807, 2.05) is 17.0 Å². The molecule has 17 heavy (non-hydrogen) atoms. The van der Waals surface area contributed by atoms with E-state index in [-0.39, 0.29) is 5.91 Å². The summed E-state index contributed by atoms with van der Waals surface area (Å²) >= 11 is 0. The first-order valence-corrected chi connectivity index (χ1v) is 5.96. The second kappa shape index (κ2) is 5.33. The zero-order valence-electron chi connectivity index (χ0n) is 10.1. The van der Waals surface area contributed by atoms with Gasteiger partial charge < -0.3 is 15.1 Å². The van der Waals surface area contributed by atoms with E-state index in [0.29, 0.717) is 0 Å². The molecule has 5 nitrogen and oxygen atoms in total. The molecule has 94 valence electrons. The Labute approximate surface area is 101 Å². The molecule has 0 spiro atoms. The van der Waals surface area contributed by atoms with Crippen LogP contribution < -0.4 is 5.73 Å². The minimum atomic E-state index is -0.397. The van der Waals surface area contributed by atoms with Crippen LogP contribution in [0, 0.1) is 0 Å². The number of rotatable bonds is 3. The molecular formula is C12H19N3O2. The molecule has 0 bridgehead atoms.